The Bertz CT molecular complexity index is 744. The molecule has 0 aromatic carbocycles. The summed E-state index contributed by atoms with van der Waals surface area (Å²) in [7, 11) is 4.32. The van der Waals surface area contributed by atoms with Crippen LogP contribution in [-0.4, -0.2) is 48.9 Å². The number of rotatable bonds is 5. The van der Waals surface area contributed by atoms with E-state index in [1.165, 1.54) is 38.5 Å². The van der Waals surface area contributed by atoms with E-state index in [1.807, 2.05) is 0 Å². The summed E-state index contributed by atoms with van der Waals surface area (Å²) in [5, 5.41) is 7.16. The average Bonchev–Trinajstić information content (AvgIpc) is 2.77. The van der Waals surface area contributed by atoms with Gasteiger partial charge in [0.05, 0.1) is 0 Å². The molecule has 0 aromatic heterocycles. The van der Waals surface area contributed by atoms with Crippen LogP contribution >= 0.6 is 0 Å². The van der Waals surface area contributed by atoms with Crippen LogP contribution in [0.2, 0.25) is 0 Å². The Morgan fingerprint density at radius 2 is 0.857 bits per heavy atom. The molecule has 0 saturated heterocycles. The number of hydrogen-bond donors (Lipinski definition) is 2. The van der Waals surface area contributed by atoms with Gasteiger partial charge in [-0.15, -0.1) is 0 Å². The largest absolute Gasteiger partial charge is 0.353 e. The first-order chi connectivity index (χ1) is 16.8. The van der Waals surface area contributed by atoms with Crippen LogP contribution in [0.5, 0.6) is 0 Å². The smallest absolute Gasteiger partial charge is 0.226 e. The first-order valence-electron chi connectivity index (χ1n) is 15.1. The van der Waals surface area contributed by atoms with Crippen LogP contribution in [0, 0.1) is 46.3 Å². The molecule has 0 aromatic rings. The van der Waals surface area contributed by atoms with Crippen molar-refractivity contribution in [2.24, 2.45) is 46.3 Å². The molecule has 2 atom stereocenters. The SMILES string of the molecule is CN(C)C1CC(NC(=O)C23CC4CC(CC(C4)C2)C3)CC(NC(=O)C23CC4CC(CC(C4)C2)C3)C1. The third-order valence-electron chi connectivity index (χ3n) is 12.1. The number of carbonyl (C=O) groups excluding carboxylic acids is 2. The summed E-state index contributed by atoms with van der Waals surface area (Å²) in [5.74, 6) is 5.46. The van der Waals surface area contributed by atoms with Gasteiger partial charge in [0.25, 0.3) is 0 Å². The molecule has 9 aliphatic rings. The fourth-order valence-corrected chi connectivity index (χ4v) is 11.4. The molecule has 9 fully saturated rings. The molecule has 9 saturated carbocycles. The predicted molar refractivity (Wildman–Crippen MR) is 136 cm³/mol. The summed E-state index contributed by atoms with van der Waals surface area (Å²) in [6, 6.07) is 0.767. The summed E-state index contributed by atoms with van der Waals surface area (Å²) in [6.45, 7) is 0. The maximum absolute atomic E-state index is 13.8. The molecule has 9 aliphatic carbocycles. The first kappa shape index (κ1) is 23.0. The highest BCUT2D eigenvalue weighted by molar-refractivity contribution is 5.84. The molecule has 2 unspecified atom stereocenters. The van der Waals surface area contributed by atoms with Crippen LogP contribution in [0.25, 0.3) is 0 Å². The quantitative estimate of drug-likeness (QED) is 0.608. The molecule has 0 heterocycles. The Morgan fingerprint density at radius 1 is 0.543 bits per heavy atom. The Balaban J connectivity index is 1.04. The molecule has 35 heavy (non-hydrogen) atoms. The van der Waals surface area contributed by atoms with E-state index in [4.69, 9.17) is 0 Å². The Labute approximate surface area is 211 Å². The van der Waals surface area contributed by atoms with E-state index in [9.17, 15) is 9.59 Å². The standard InChI is InChI=1S/C30H47N3O2/c1-33(2)26-10-24(31-27(34)29-12-18-3-19(13-29)5-20(4-18)14-29)9-25(11-26)32-28(35)30-15-21-6-22(16-30)8-23(7-21)17-30/h18-26H,3-17H2,1-2H3,(H,31,34)(H,32,35). The molecule has 9 rings (SSSR count). The zero-order valence-corrected chi connectivity index (χ0v) is 22.1. The molecule has 5 heteroatoms. The third kappa shape index (κ3) is 3.97. The van der Waals surface area contributed by atoms with Crippen molar-refractivity contribution in [3.8, 4) is 0 Å². The van der Waals surface area contributed by atoms with Crippen molar-refractivity contribution in [1.29, 1.82) is 0 Å². The van der Waals surface area contributed by atoms with Gasteiger partial charge >= 0.3 is 0 Å². The second kappa shape index (κ2) is 8.20. The van der Waals surface area contributed by atoms with Gasteiger partial charge in [0, 0.05) is 29.0 Å². The molecular weight excluding hydrogens is 434 g/mol. The zero-order valence-electron chi connectivity index (χ0n) is 22.1. The van der Waals surface area contributed by atoms with Crippen LogP contribution in [0.1, 0.15) is 96.3 Å². The van der Waals surface area contributed by atoms with Crippen molar-refractivity contribution in [3.05, 3.63) is 0 Å². The van der Waals surface area contributed by atoms with E-state index in [0.717, 1.165) is 93.3 Å². The Hall–Kier alpha value is -1.10. The van der Waals surface area contributed by atoms with Gasteiger partial charge in [-0.2, -0.15) is 0 Å². The lowest BCUT2D eigenvalue weighted by Crippen LogP contribution is -2.60. The van der Waals surface area contributed by atoms with E-state index in [-0.39, 0.29) is 22.9 Å². The maximum atomic E-state index is 13.8. The monoisotopic (exact) mass is 481 g/mol. The van der Waals surface area contributed by atoms with Crippen molar-refractivity contribution in [2.75, 3.05) is 14.1 Å². The summed E-state index contributed by atoms with van der Waals surface area (Å²) >= 11 is 0. The minimum atomic E-state index is -0.0856. The molecule has 194 valence electrons. The highest BCUT2D eigenvalue weighted by Gasteiger charge is 2.56. The molecule has 0 spiro atoms. The third-order valence-corrected chi connectivity index (χ3v) is 12.1. The predicted octanol–water partition coefficient (Wildman–Crippen LogP) is 4.50. The fraction of sp³-hybridized carbons (Fsp3) is 0.933. The molecule has 8 bridgehead atoms. The lowest BCUT2D eigenvalue weighted by Gasteiger charge is -2.56. The van der Waals surface area contributed by atoms with Crippen LogP contribution in [0.4, 0.5) is 0 Å². The lowest BCUT2D eigenvalue weighted by atomic mass is 9.49. The fourth-order valence-electron chi connectivity index (χ4n) is 11.4. The minimum absolute atomic E-state index is 0.0856. The van der Waals surface area contributed by atoms with Crippen LogP contribution in [-0.2, 0) is 9.59 Å². The number of nitrogens with zero attached hydrogens (tertiary/aromatic N) is 1. The lowest BCUT2D eigenvalue weighted by molar-refractivity contribution is -0.148. The summed E-state index contributed by atoms with van der Waals surface area (Å²) in [5.41, 5.74) is -0.171. The van der Waals surface area contributed by atoms with Gasteiger partial charge in [-0.3, -0.25) is 9.59 Å². The molecule has 2 N–H and O–H groups in total. The number of nitrogens with one attached hydrogen (secondary N) is 2. The molecule has 0 radical (unpaired) electrons. The van der Waals surface area contributed by atoms with E-state index >= 15 is 0 Å². The number of carbonyl (C=O) groups is 2. The van der Waals surface area contributed by atoms with Gasteiger partial charge in [-0.1, -0.05) is 0 Å². The van der Waals surface area contributed by atoms with E-state index in [2.05, 4.69) is 29.6 Å². The van der Waals surface area contributed by atoms with Crippen LogP contribution < -0.4 is 10.6 Å². The number of hydrogen-bond acceptors (Lipinski definition) is 3. The molecule has 0 aliphatic heterocycles. The average molecular weight is 482 g/mol. The summed E-state index contributed by atoms with van der Waals surface area (Å²) in [6.07, 6.45) is 17.9. The number of amides is 2. The molecular formula is C30H47N3O2. The zero-order chi connectivity index (χ0) is 23.9. The maximum Gasteiger partial charge on any atom is 0.226 e. The van der Waals surface area contributed by atoms with Crippen LogP contribution in [0.3, 0.4) is 0 Å². The van der Waals surface area contributed by atoms with Gasteiger partial charge in [0.2, 0.25) is 11.8 Å². The Kier molecular flexibility index (Phi) is 5.40. The topological polar surface area (TPSA) is 61.4 Å². The van der Waals surface area contributed by atoms with Gasteiger partial charge in [-0.05, 0) is 146 Å². The van der Waals surface area contributed by atoms with Crippen molar-refractivity contribution < 1.29 is 9.59 Å². The summed E-state index contributed by atoms with van der Waals surface area (Å²) < 4.78 is 0. The highest BCUT2D eigenvalue weighted by Crippen LogP contribution is 2.61. The van der Waals surface area contributed by atoms with Crippen molar-refractivity contribution >= 4 is 11.8 Å². The van der Waals surface area contributed by atoms with E-state index in [0.29, 0.717) is 17.9 Å². The Morgan fingerprint density at radius 3 is 1.14 bits per heavy atom. The van der Waals surface area contributed by atoms with Gasteiger partial charge < -0.3 is 15.5 Å². The first-order valence-corrected chi connectivity index (χ1v) is 15.1. The van der Waals surface area contributed by atoms with Gasteiger partial charge in [0.15, 0.2) is 0 Å². The normalized spacial score (nSPS) is 51.6. The van der Waals surface area contributed by atoms with Crippen molar-refractivity contribution in [1.82, 2.24) is 15.5 Å². The molecule has 2 amide bonds. The summed E-state index contributed by atoms with van der Waals surface area (Å²) in [4.78, 5) is 29.9. The highest BCUT2D eigenvalue weighted by atomic mass is 16.2. The van der Waals surface area contributed by atoms with Crippen molar-refractivity contribution in [2.45, 2.75) is 114 Å². The second-order valence-electron chi connectivity index (χ2n) is 15.1. The minimum Gasteiger partial charge on any atom is -0.353 e. The van der Waals surface area contributed by atoms with E-state index < -0.39 is 0 Å². The van der Waals surface area contributed by atoms with Crippen molar-refractivity contribution in [3.63, 3.8) is 0 Å². The molecule has 5 nitrogen and oxygen atoms in total. The van der Waals surface area contributed by atoms with Gasteiger partial charge in [0.1, 0.15) is 0 Å². The van der Waals surface area contributed by atoms with Crippen LogP contribution in [0.15, 0.2) is 0 Å². The van der Waals surface area contributed by atoms with Gasteiger partial charge in [-0.25, -0.2) is 0 Å². The van der Waals surface area contributed by atoms with E-state index in [1.54, 1.807) is 0 Å². The second-order valence-corrected chi connectivity index (χ2v) is 15.1.